The van der Waals surface area contributed by atoms with E-state index in [1.807, 2.05) is 42.6 Å². The fourth-order valence-electron chi connectivity index (χ4n) is 3.61. The number of allylic oxidation sites excluding steroid dienone is 4. The van der Waals surface area contributed by atoms with Crippen molar-refractivity contribution in [1.82, 2.24) is 14.8 Å². The van der Waals surface area contributed by atoms with Gasteiger partial charge in [-0.05, 0) is 29.9 Å². The Labute approximate surface area is 147 Å². The molecule has 25 heavy (non-hydrogen) atoms. The second kappa shape index (κ2) is 5.81. The Morgan fingerprint density at radius 3 is 2.52 bits per heavy atom. The van der Waals surface area contributed by atoms with Gasteiger partial charge in [-0.3, -0.25) is 9.80 Å². The molecule has 0 unspecified atom stereocenters. The van der Waals surface area contributed by atoms with Crippen molar-refractivity contribution in [2.45, 2.75) is 19.3 Å². The van der Waals surface area contributed by atoms with Gasteiger partial charge < -0.3 is 4.98 Å². The van der Waals surface area contributed by atoms with Crippen LogP contribution in [-0.4, -0.2) is 27.4 Å². The molecule has 4 nitrogen and oxygen atoms in total. The maximum Gasteiger partial charge on any atom is 0.332 e. The van der Waals surface area contributed by atoms with Crippen LogP contribution in [0.2, 0.25) is 0 Å². The molecule has 2 aliphatic heterocycles. The third kappa shape index (κ3) is 2.70. The number of amides is 2. The predicted octanol–water partition coefficient (Wildman–Crippen LogP) is 4.75. The fourth-order valence-corrected chi connectivity index (χ4v) is 3.61. The molecule has 1 aromatic carbocycles. The Bertz CT molecular complexity index is 927. The number of benzene rings is 1. The number of hydrogen-bond acceptors (Lipinski definition) is 1. The molecule has 2 aliphatic rings. The van der Waals surface area contributed by atoms with Crippen LogP contribution < -0.4 is 0 Å². The molecule has 4 heteroatoms. The highest BCUT2D eigenvalue weighted by molar-refractivity contribution is 5.89. The highest BCUT2D eigenvalue weighted by Gasteiger charge is 2.33. The lowest BCUT2D eigenvalue weighted by molar-refractivity contribution is 0.191. The van der Waals surface area contributed by atoms with E-state index in [0.717, 1.165) is 11.2 Å². The lowest BCUT2D eigenvalue weighted by Gasteiger charge is -2.31. The molecule has 0 saturated carbocycles. The summed E-state index contributed by atoms with van der Waals surface area (Å²) in [5.74, 6) is 0. The molecule has 0 aliphatic carbocycles. The summed E-state index contributed by atoms with van der Waals surface area (Å²) in [6, 6.07) is 8.27. The second-order valence-electron chi connectivity index (χ2n) is 7.04. The normalized spacial score (nSPS) is 18.3. The molecule has 0 spiro atoms. The molecular weight excluding hydrogens is 310 g/mol. The van der Waals surface area contributed by atoms with Gasteiger partial charge in [0.25, 0.3) is 0 Å². The Hall–Kier alpha value is -3.01. The van der Waals surface area contributed by atoms with Crippen LogP contribution in [-0.2, 0) is 5.41 Å². The van der Waals surface area contributed by atoms with Crippen molar-refractivity contribution in [2.24, 2.45) is 0 Å². The molecule has 0 saturated heterocycles. The molecule has 0 atom stereocenters. The van der Waals surface area contributed by atoms with Gasteiger partial charge in [0, 0.05) is 47.2 Å². The average molecular weight is 331 g/mol. The summed E-state index contributed by atoms with van der Waals surface area (Å²) < 4.78 is 0. The van der Waals surface area contributed by atoms with Crippen LogP contribution in [0.15, 0.2) is 67.2 Å². The number of aromatic amines is 1. The van der Waals surface area contributed by atoms with Gasteiger partial charge in [-0.15, -0.1) is 0 Å². The third-order valence-electron chi connectivity index (χ3n) is 4.69. The van der Waals surface area contributed by atoms with Crippen molar-refractivity contribution in [2.75, 3.05) is 6.54 Å². The van der Waals surface area contributed by atoms with E-state index >= 15 is 0 Å². The van der Waals surface area contributed by atoms with Crippen LogP contribution in [0.4, 0.5) is 4.79 Å². The Kier molecular flexibility index (Phi) is 3.61. The van der Waals surface area contributed by atoms with Crippen molar-refractivity contribution in [1.29, 1.82) is 0 Å². The number of urea groups is 1. The summed E-state index contributed by atoms with van der Waals surface area (Å²) in [4.78, 5) is 19.8. The molecule has 0 bridgehead atoms. The smallest absolute Gasteiger partial charge is 0.332 e. The van der Waals surface area contributed by atoms with Gasteiger partial charge in [0.05, 0.1) is 0 Å². The zero-order valence-corrected chi connectivity index (χ0v) is 14.4. The molecule has 2 amide bonds. The standard InChI is InChI=1S/C21H21N3O/c1-21(2)15-24(20(25)23-12-7-3-4-8-13-23)14-11-18-19(21)16-9-5-6-10-17(16)22-18/h3-14,22H,15H2,1-2H3. The van der Waals surface area contributed by atoms with E-state index < -0.39 is 0 Å². The lowest BCUT2D eigenvalue weighted by atomic mass is 9.82. The number of para-hydroxylation sites is 1. The van der Waals surface area contributed by atoms with E-state index in [9.17, 15) is 4.79 Å². The second-order valence-corrected chi connectivity index (χ2v) is 7.04. The fraction of sp³-hybridized carbons (Fsp3) is 0.190. The van der Waals surface area contributed by atoms with Crippen LogP contribution in [0.25, 0.3) is 17.0 Å². The van der Waals surface area contributed by atoms with Gasteiger partial charge in [-0.2, -0.15) is 0 Å². The largest absolute Gasteiger partial charge is 0.355 e. The maximum absolute atomic E-state index is 12.9. The van der Waals surface area contributed by atoms with Crippen molar-refractivity contribution >= 4 is 23.0 Å². The summed E-state index contributed by atoms with van der Waals surface area (Å²) in [5.41, 5.74) is 3.30. The first-order valence-corrected chi connectivity index (χ1v) is 8.46. The molecular formula is C21H21N3O. The monoisotopic (exact) mass is 331 g/mol. The van der Waals surface area contributed by atoms with Gasteiger partial charge in [0.2, 0.25) is 0 Å². The number of nitrogens with one attached hydrogen (secondary N) is 1. The minimum Gasteiger partial charge on any atom is -0.355 e. The van der Waals surface area contributed by atoms with Crippen molar-refractivity contribution in [3.8, 4) is 0 Å². The maximum atomic E-state index is 12.9. The molecule has 4 rings (SSSR count). The van der Waals surface area contributed by atoms with Crippen molar-refractivity contribution in [3.05, 3.63) is 78.4 Å². The predicted molar refractivity (Wildman–Crippen MR) is 102 cm³/mol. The average Bonchev–Trinajstić information content (AvgIpc) is 2.73. The summed E-state index contributed by atoms with van der Waals surface area (Å²) in [5, 5.41) is 1.22. The summed E-state index contributed by atoms with van der Waals surface area (Å²) in [6.45, 7) is 4.99. The van der Waals surface area contributed by atoms with Crippen LogP contribution in [0, 0.1) is 0 Å². The quantitative estimate of drug-likeness (QED) is 0.743. The first-order chi connectivity index (χ1) is 12.1. The molecule has 2 aromatic rings. The zero-order valence-electron chi connectivity index (χ0n) is 14.4. The van der Waals surface area contributed by atoms with Gasteiger partial charge in [-0.25, -0.2) is 4.79 Å². The minimum absolute atomic E-state index is 0.0602. The van der Waals surface area contributed by atoms with Crippen molar-refractivity contribution < 1.29 is 4.79 Å². The Morgan fingerprint density at radius 1 is 1.04 bits per heavy atom. The highest BCUT2D eigenvalue weighted by Crippen LogP contribution is 2.37. The molecule has 0 fully saturated rings. The van der Waals surface area contributed by atoms with E-state index in [0.29, 0.717) is 6.54 Å². The van der Waals surface area contributed by atoms with E-state index in [2.05, 4.69) is 37.0 Å². The first kappa shape index (κ1) is 15.5. The van der Waals surface area contributed by atoms with Crippen LogP contribution in [0.1, 0.15) is 25.1 Å². The van der Waals surface area contributed by atoms with Crippen LogP contribution in [0.3, 0.4) is 0 Å². The molecule has 3 heterocycles. The van der Waals surface area contributed by atoms with E-state index in [1.165, 1.54) is 10.9 Å². The van der Waals surface area contributed by atoms with E-state index in [4.69, 9.17) is 0 Å². The number of H-pyrrole nitrogens is 1. The topological polar surface area (TPSA) is 39.3 Å². The zero-order chi connectivity index (χ0) is 17.4. The lowest BCUT2D eigenvalue weighted by Crippen LogP contribution is -2.41. The number of fused-ring (bicyclic) bond motifs is 3. The number of nitrogens with zero attached hydrogens (tertiary/aromatic N) is 2. The number of aromatic nitrogens is 1. The molecule has 0 radical (unpaired) electrons. The molecule has 1 N–H and O–H groups in total. The Morgan fingerprint density at radius 2 is 1.76 bits per heavy atom. The minimum atomic E-state index is -0.175. The molecule has 126 valence electrons. The molecule has 1 aromatic heterocycles. The summed E-state index contributed by atoms with van der Waals surface area (Å²) in [7, 11) is 0. The first-order valence-electron chi connectivity index (χ1n) is 8.46. The van der Waals surface area contributed by atoms with Crippen LogP contribution in [0.5, 0.6) is 0 Å². The van der Waals surface area contributed by atoms with Gasteiger partial charge in [0.15, 0.2) is 0 Å². The van der Waals surface area contributed by atoms with Gasteiger partial charge in [-0.1, -0.05) is 44.2 Å². The van der Waals surface area contributed by atoms with Crippen molar-refractivity contribution in [3.63, 3.8) is 0 Å². The number of carbonyl (C=O) groups is 1. The van der Waals surface area contributed by atoms with Gasteiger partial charge in [0.1, 0.15) is 0 Å². The number of rotatable bonds is 0. The summed E-state index contributed by atoms with van der Waals surface area (Å²) >= 11 is 0. The number of hydrogen-bond donors (Lipinski definition) is 1. The number of carbonyl (C=O) groups excluding carboxylic acids is 1. The summed E-state index contributed by atoms with van der Waals surface area (Å²) in [6.07, 6.45) is 15.0. The van der Waals surface area contributed by atoms with Gasteiger partial charge >= 0.3 is 6.03 Å². The third-order valence-corrected chi connectivity index (χ3v) is 4.69. The van der Waals surface area contributed by atoms with E-state index in [-0.39, 0.29) is 11.4 Å². The highest BCUT2D eigenvalue weighted by atomic mass is 16.2. The van der Waals surface area contributed by atoms with Crippen LogP contribution >= 0.6 is 0 Å². The Balaban J connectivity index is 1.72. The van der Waals surface area contributed by atoms with E-state index in [1.54, 1.807) is 22.2 Å². The SMILES string of the molecule is CC1(C)CN(C(=O)N2C=CC=CC=C2)C=Cc2[nH]c3ccccc3c21.